The Bertz CT molecular complexity index is 789. The average molecular weight is 446 g/mol. The summed E-state index contributed by atoms with van der Waals surface area (Å²) in [5.74, 6) is 3.87. The summed E-state index contributed by atoms with van der Waals surface area (Å²) in [6.07, 6.45) is 21.5. The van der Waals surface area contributed by atoms with Crippen molar-refractivity contribution in [2.45, 2.75) is 109 Å². The lowest BCUT2D eigenvalue weighted by molar-refractivity contribution is 0.155. The molecule has 2 aliphatic carbocycles. The van der Waals surface area contributed by atoms with Crippen LogP contribution in [-0.2, 0) is 6.42 Å². The van der Waals surface area contributed by atoms with Crippen LogP contribution in [-0.4, -0.2) is 0 Å². The smallest absolute Gasteiger partial charge is 0.0314 e. The zero-order valence-electron chi connectivity index (χ0n) is 21.1. The fraction of sp³-hybridized carbons (Fsp3) is 0.625. The molecule has 1 heteroatoms. The van der Waals surface area contributed by atoms with Gasteiger partial charge in [-0.1, -0.05) is 94.7 Å². The maximum Gasteiger partial charge on any atom is 0.0314 e. The van der Waals surface area contributed by atoms with E-state index in [1.54, 1.807) is 5.56 Å². The van der Waals surface area contributed by atoms with E-state index >= 15 is 0 Å². The van der Waals surface area contributed by atoms with E-state index in [-0.39, 0.29) is 0 Å². The van der Waals surface area contributed by atoms with Crippen molar-refractivity contribution in [3.63, 3.8) is 0 Å². The highest BCUT2D eigenvalue weighted by molar-refractivity contribution is 5.41. The Kier molecular flexibility index (Phi) is 9.33. The fourth-order valence-electron chi connectivity index (χ4n) is 6.69. The minimum atomic E-state index is 0.784. The van der Waals surface area contributed by atoms with E-state index in [0.717, 1.165) is 35.8 Å². The van der Waals surface area contributed by atoms with Crippen molar-refractivity contribution in [3.8, 4) is 0 Å². The van der Waals surface area contributed by atoms with E-state index in [4.69, 9.17) is 5.73 Å². The molecule has 0 amide bonds. The number of rotatable bonds is 10. The maximum atomic E-state index is 5.82. The lowest BCUT2D eigenvalue weighted by atomic mass is 9.68. The van der Waals surface area contributed by atoms with E-state index in [0.29, 0.717) is 0 Å². The van der Waals surface area contributed by atoms with Gasteiger partial charge in [-0.15, -0.1) is 0 Å². The topological polar surface area (TPSA) is 26.0 Å². The molecule has 2 aromatic rings. The van der Waals surface area contributed by atoms with Crippen molar-refractivity contribution in [1.29, 1.82) is 0 Å². The van der Waals surface area contributed by atoms with Crippen LogP contribution in [0.5, 0.6) is 0 Å². The van der Waals surface area contributed by atoms with Gasteiger partial charge in [-0.3, -0.25) is 0 Å². The van der Waals surface area contributed by atoms with Crippen LogP contribution in [0.25, 0.3) is 0 Å². The molecule has 0 saturated heterocycles. The van der Waals surface area contributed by atoms with Crippen molar-refractivity contribution in [3.05, 3.63) is 65.2 Å². The van der Waals surface area contributed by atoms with E-state index in [2.05, 4.69) is 43.3 Å². The molecule has 2 aliphatic rings. The summed E-state index contributed by atoms with van der Waals surface area (Å²) < 4.78 is 0. The van der Waals surface area contributed by atoms with Crippen LogP contribution in [0.3, 0.4) is 0 Å². The molecule has 1 nitrogen and oxygen atoms in total. The summed E-state index contributed by atoms with van der Waals surface area (Å²) in [7, 11) is 0. The predicted molar refractivity (Wildman–Crippen MR) is 144 cm³/mol. The summed E-state index contributed by atoms with van der Waals surface area (Å²) in [4.78, 5) is 0. The van der Waals surface area contributed by atoms with Crippen LogP contribution in [0.15, 0.2) is 48.5 Å². The Morgan fingerprint density at radius 3 is 1.79 bits per heavy atom. The molecule has 2 fully saturated rings. The number of benzene rings is 2. The second-order valence-electron chi connectivity index (χ2n) is 11.3. The monoisotopic (exact) mass is 445 g/mol. The summed E-state index contributed by atoms with van der Waals surface area (Å²) in [5, 5.41) is 0. The van der Waals surface area contributed by atoms with Gasteiger partial charge < -0.3 is 5.73 Å². The first-order valence-electron chi connectivity index (χ1n) is 14.1. The van der Waals surface area contributed by atoms with Crippen molar-refractivity contribution in [2.24, 2.45) is 17.8 Å². The van der Waals surface area contributed by atoms with Gasteiger partial charge in [0.15, 0.2) is 0 Å². The lowest BCUT2D eigenvalue weighted by Gasteiger charge is -2.38. The Hall–Kier alpha value is -1.76. The van der Waals surface area contributed by atoms with Crippen LogP contribution in [0, 0.1) is 17.8 Å². The molecule has 2 saturated carbocycles. The largest absolute Gasteiger partial charge is 0.399 e. The number of nitrogens with two attached hydrogens (primary N) is 1. The number of hydrogen-bond donors (Lipinski definition) is 1. The standard InChI is InChI=1S/C32H47N/c1-2-3-4-5-6-7-25-8-14-28(15-9-25)30-18-20-31(21-19-30)29-16-10-26(11-17-29)24-27-12-22-32(33)23-13-27/h10-13,16-17,22-23,25,28,30-31H,2-9,14-15,18-21,24,33H2,1H3. The van der Waals surface area contributed by atoms with Crippen molar-refractivity contribution >= 4 is 5.69 Å². The van der Waals surface area contributed by atoms with E-state index in [9.17, 15) is 0 Å². The van der Waals surface area contributed by atoms with Gasteiger partial charge in [0.1, 0.15) is 0 Å². The van der Waals surface area contributed by atoms with Crippen LogP contribution in [0.1, 0.15) is 119 Å². The third-order valence-electron chi connectivity index (χ3n) is 8.88. The summed E-state index contributed by atoms with van der Waals surface area (Å²) in [6, 6.07) is 17.8. The minimum Gasteiger partial charge on any atom is -0.399 e. The molecule has 0 atom stereocenters. The normalized spacial score (nSPS) is 25.7. The minimum absolute atomic E-state index is 0.784. The number of anilines is 1. The number of hydrogen-bond acceptors (Lipinski definition) is 1. The van der Waals surface area contributed by atoms with E-state index in [1.807, 2.05) is 12.1 Å². The molecule has 2 aromatic carbocycles. The lowest BCUT2D eigenvalue weighted by Crippen LogP contribution is -2.25. The van der Waals surface area contributed by atoms with Gasteiger partial charge in [0, 0.05) is 5.69 Å². The van der Waals surface area contributed by atoms with Gasteiger partial charge in [-0.25, -0.2) is 0 Å². The molecule has 0 spiro atoms. The molecule has 0 unspecified atom stereocenters. The zero-order chi connectivity index (χ0) is 22.9. The Balaban J connectivity index is 1.17. The predicted octanol–water partition coefficient (Wildman–Crippen LogP) is 9.30. The van der Waals surface area contributed by atoms with Crippen molar-refractivity contribution < 1.29 is 0 Å². The Labute approximate surface area is 203 Å². The molecule has 180 valence electrons. The summed E-state index contributed by atoms with van der Waals surface area (Å²) >= 11 is 0. The Morgan fingerprint density at radius 2 is 1.18 bits per heavy atom. The molecule has 0 heterocycles. The molecule has 4 rings (SSSR count). The number of unbranched alkanes of at least 4 members (excludes halogenated alkanes) is 4. The van der Waals surface area contributed by atoms with Gasteiger partial charge in [-0.2, -0.15) is 0 Å². The van der Waals surface area contributed by atoms with Gasteiger partial charge in [0.05, 0.1) is 0 Å². The van der Waals surface area contributed by atoms with Gasteiger partial charge in [-0.05, 0) is 97.4 Å². The van der Waals surface area contributed by atoms with Crippen LogP contribution < -0.4 is 5.73 Å². The molecule has 2 N–H and O–H groups in total. The quantitative estimate of drug-likeness (QED) is 0.286. The molecule has 0 aromatic heterocycles. The van der Waals surface area contributed by atoms with Crippen molar-refractivity contribution in [1.82, 2.24) is 0 Å². The molecule has 0 bridgehead atoms. The zero-order valence-corrected chi connectivity index (χ0v) is 21.1. The van der Waals surface area contributed by atoms with Crippen molar-refractivity contribution in [2.75, 3.05) is 5.73 Å². The molecule has 0 radical (unpaired) electrons. The Morgan fingerprint density at radius 1 is 0.636 bits per heavy atom. The van der Waals surface area contributed by atoms with Crippen LogP contribution in [0.2, 0.25) is 0 Å². The second kappa shape index (κ2) is 12.6. The van der Waals surface area contributed by atoms with Crippen LogP contribution >= 0.6 is 0 Å². The average Bonchev–Trinajstić information content (AvgIpc) is 2.86. The SMILES string of the molecule is CCCCCCCC1CCC(C2CCC(c3ccc(Cc4ccc(N)cc4)cc3)CC2)CC1. The van der Waals surface area contributed by atoms with E-state index < -0.39 is 0 Å². The highest BCUT2D eigenvalue weighted by Crippen LogP contribution is 2.44. The van der Waals surface area contributed by atoms with Gasteiger partial charge in [0.2, 0.25) is 0 Å². The van der Waals surface area contributed by atoms with Gasteiger partial charge in [0.25, 0.3) is 0 Å². The van der Waals surface area contributed by atoms with Gasteiger partial charge >= 0.3 is 0 Å². The third kappa shape index (κ3) is 7.36. The maximum absolute atomic E-state index is 5.82. The molecule has 0 aliphatic heterocycles. The van der Waals surface area contributed by atoms with Crippen LogP contribution in [0.4, 0.5) is 5.69 Å². The molecular formula is C32H47N. The first kappa shape index (κ1) is 24.4. The first-order chi connectivity index (χ1) is 16.2. The highest BCUT2D eigenvalue weighted by atomic mass is 14.5. The first-order valence-corrected chi connectivity index (χ1v) is 14.1. The third-order valence-corrected chi connectivity index (χ3v) is 8.88. The fourth-order valence-corrected chi connectivity index (χ4v) is 6.69. The highest BCUT2D eigenvalue weighted by Gasteiger charge is 2.31. The summed E-state index contributed by atoms with van der Waals surface area (Å²) in [5.41, 5.74) is 11.0. The molecular weight excluding hydrogens is 398 g/mol. The molecule has 33 heavy (non-hydrogen) atoms. The van der Waals surface area contributed by atoms with E-state index in [1.165, 1.54) is 101 Å². The second-order valence-corrected chi connectivity index (χ2v) is 11.3. The summed E-state index contributed by atoms with van der Waals surface area (Å²) in [6.45, 7) is 2.31. The number of nitrogen functional groups attached to an aromatic ring is 1.